The van der Waals surface area contributed by atoms with Crippen molar-refractivity contribution < 1.29 is 0 Å². The van der Waals surface area contributed by atoms with Crippen LogP contribution in [0, 0.1) is 5.92 Å². The van der Waals surface area contributed by atoms with Gasteiger partial charge in [0.05, 0.1) is 0 Å². The second-order valence-electron chi connectivity index (χ2n) is 6.03. The van der Waals surface area contributed by atoms with E-state index in [-0.39, 0.29) is 0 Å². The third-order valence-corrected chi connectivity index (χ3v) is 4.49. The lowest BCUT2D eigenvalue weighted by Gasteiger charge is -2.35. The number of rotatable bonds is 7. The maximum absolute atomic E-state index is 4.44. The average molecular weight is 296 g/mol. The number of nitrogens with zero attached hydrogens (tertiary/aromatic N) is 3. The molecule has 5 heteroatoms. The number of anilines is 1. The molecule has 1 aromatic heterocycles. The molecule has 0 bridgehead atoms. The molecule has 0 aromatic carbocycles. The van der Waals surface area contributed by atoms with Gasteiger partial charge < -0.3 is 10.2 Å². The highest BCUT2D eigenvalue weighted by Gasteiger charge is 2.18. The summed E-state index contributed by atoms with van der Waals surface area (Å²) in [4.78, 5) is 11.0. The van der Waals surface area contributed by atoms with Crippen LogP contribution in [-0.2, 0) is 6.54 Å². The minimum atomic E-state index is 0.773. The van der Waals surface area contributed by atoms with Gasteiger partial charge in [0.1, 0.15) is 0 Å². The summed E-state index contributed by atoms with van der Waals surface area (Å²) < 4.78 is 0. The first-order chi connectivity index (χ1) is 9.67. The van der Waals surface area contributed by atoms with E-state index in [1.807, 2.05) is 6.20 Å². The Balaban J connectivity index is 1.73. The molecule has 1 aliphatic heterocycles. The van der Waals surface area contributed by atoms with Crippen LogP contribution in [-0.4, -0.2) is 54.1 Å². The molecule has 20 heavy (non-hydrogen) atoms. The molecule has 0 saturated carbocycles. The van der Waals surface area contributed by atoms with Crippen molar-refractivity contribution in [1.82, 2.24) is 14.8 Å². The SMILES string of the molecule is CCCNc1ncc(CN2CCN(CC(C)C)CC2)s1. The van der Waals surface area contributed by atoms with Gasteiger partial charge >= 0.3 is 0 Å². The zero-order chi connectivity index (χ0) is 14.4. The Morgan fingerprint density at radius 2 is 1.95 bits per heavy atom. The Morgan fingerprint density at radius 1 is 1.25 bits per heavy atom. The molecular formula is C15H28N4S. The van der Waals surface area contributed by atoms with Crippen molar-refractivity contribution >= 4 is 16.5 Å². The number of hydrogen-bond acceptors (Lipinski definition) is 5. The van der Waals surface area contributed by atoms with E-state index in [1.54, 1.807) is 11.3 Å². The Labute approximate surface area is 127 Å². The smallest absolute Gasteiger partial charge is 0.182 e. The topological polar surface area (TPSA) is 31.4 Å². The molecule has 1 aliphatic rings. The fourth-order valence-corrected chi connectivity index (χ4v) is 3.44. The first-order valence-corrected chi connectivity index (χ1v) is 8.62. The third-order valence-electron chi connectivity index (χ3n) is 3.55. The lowest BCUT2D eigenvalue weighted by Crippen LogP contribution is -2.46. The number of nitrogens with one attached hydrogen (secondary N) is 1. The van der Waals surface area contributed by atoms with E-state index < -0.39 is 0 Å². The van der Waals surface area contributed by atoms with E-state index >= 15 is 0 Å². The maximum atomic E-state index is 4.44. The molecule has 1 aromatic rings. The first-order valence-electron chi connectivity index (χ1n) is 7.80. The van der Waals surface area contributed by atoms with Gasteiger partial charge in [-0.25, -0.2) is 4.98 Å². The fraction of sp³-hybridized carbons (Fsp3) is 0.800. The number of thiazole rings is 1. The Kier molecular flexibility index (Phi) is 6.26. The van der Waals surface area contributed by atoms with Crippen molar-refractivity contribution in [2.45, 2.75) is 33.7 Å². The number of aromatic nitrogens is 1. The molecule has 0 spiro atoms. The fourth-order valence-electron chi connectivity index (χ4n) is 2.56. The van der Waals surface area contributed by atoms with Crippen LogP contribution in [0.2, 0.25) is 0 Å². The Bertz CT molecular complexity index is 383. The summed E-state index contributed by atoms with van der Waals surface area (Å²) in [5, 5.41) is 4.43. The molecule has 4 nitrogen and oxygen atoms in total. The molecule has 0 unspecified atom stereocenters. The second kappa shape index (κ2) is 7.96. The van der Waals surface area contributed by atoms with E-state index in [1.165, 1.54) is 37.6 Å². The van der Waals surface area contributed by atoms with Gasteiger partial charge in [-0.15, -0.1) is 11.3 Å². The summed E-state index contributed by atoms with van der Waals surface area (Å²) in [6.07, 6.45) is 3.18. The summed E-state index contributed by atoms with van der Waals surface area (Å²) in [6, 6.07) is 0. The van der Waals surface area contributed by atoms with Crippen molar-refractivity contribution in [3.63, 3.8) is 0 Å². The minimum Gasteiger partial charge on any atom is -0.362 e. The normalized spacial score (nSPS) is 17.8. The largest absolute Gasteiger partial charge is 0.362 e. The molecule has 0 atom stereocenters. The zero-order valence-electron chi connectivity index (χ0n) is 13.1. The molecule has 2 heterocycles. The van der Waals surface area contributed by atoms with Gasteiger partial charge in [0, 0.05) is 56.9 Å². The lowest BCUT2D eigenvalue weighted by atomic mass is 10.2. The predicted molar refractivity (Wildman–Crippen MR) is 87.4 cm³/mol. The van der Waals surface area contributed by atoms with E-state index in [0.717, 1.165) is 30.6 Å². The highest BCUT2D eigenvalue weighted by Crippen LogP contribution is 2.20. The number of hydrogen-bond donors (Lipinski definition) is 1. The van der Waals surface area contributed by atoms with Crippen molar-refractivity contribution in [3.8, 4) is 0 Å². The van der Waals surface area contributed by atoms with Crippen molar-refractivity contribution in [2.24, 2.45) is 5.92 Å². The average Bonchev–Trinajstić information content (AvgIpc) is 2.86. The molecule has 1 saturated heterocycles. The molecule has 114 valence electrons. The van der Waals surface area contributed by atoms with Crippen molar-refractivity contribution in [2.75, 3.05) is 44.6 Å². The summed E-state index contributed by atoms with van der Waals surface area (Å²) in [5.41, 5.74) is 0. The Hall–Kier alpha value is -0.650. The lowest BCUT2D eigenvalue weighted by molar-refractivity contribution is 0.118. The summed E-state index contributed by atoms with van der Waals surface area (Å²) in [6.45, 7) is 14.9. The van der Waals surface area contributed by atoms with Crippen molar-refractivity contribution in [1.29, 1.82) is 0 Å². The van der Waals surface area contributed by atoms with Crippen LogP contribution >= 0.6 is 11.3 Å². The van der Waals surface area contributed by atoms with Gasteiger partial charge in [0.15, 0.2) is 5.13 Å². The summed E-state index contributed by atoms with van der Waals surface area (Å²) in [7, 11) is 0. The van der Waals surface area contributed by atoms with Gasteiger partial charge in [-0.05, 0) is 12.3 Å². The van der Waals surface area contributed by atoms with Gasteiger partial charge in [0.25, 0.3) is 0 Å². The molecule has 2 rings (SSSR count). The summed E-state index contributed by atoms with van der Waals surface area (Å²) >= 11 is 1.80. The van der Waals surface area contributed by atoms with Gasteiger partial charge in [-0.3, -0.25) is 4.90 Å². The Morgan fingerprint density at radius 3 is 2.60 bits per heavy atom. The van der Waals surface area contributed by atoms with E-state index in [4.69, 9.17) is 0 Å². The second-order valence-corrected chi connectivity index (χ2v) is 7.14. The van der Waals surface area contributed by atoms with Crippen LogP contribution in [0.3, 0.4) is 0 Å². The predicted octanol–water partition coefficient (Wildman–Crippen LogP) is 2.74. The third kappa shape index (κ3) is 5.04. The molecule has 1 fully saturated rings. The van der Waals surface area contributed by atoms with E-state index in [2.05, 4.69) is 40.9 Å². The quantitative estimate of drug-likeness (QED) is 0.838. The molecule has 0 radical (unpaired) electrons. The van der Waals surface area contributed by atoms with Crippen LogP contribution in [0.1, 0.15) is 32.1 Å². The van der Waals surface area contributed by atoms with Gasteiger partial charge in [0.2, 0.25) is 0 Å². The highest BCUT2D eigenvalue weighted by molar-refractivity contribution is 7.15. The van der Waals surface area contributed by atoms with Crippen LogP contribution in [0.5, 0.6) is 0 Å². The molecule has 0 aliphatic carbocycles. The van der Waals surface area contributed by atoms with Crippen molar-refractivity contribution in [3.05, 3.63) is 11.1 Å². The van der Waals surface area contributed by atoms with Crippen LogP contribution in [0.4, 0.5) is 5.13 Å². The number of piperazine rings is 1. The zero-order valence-corrected chi connectivity index (χ0v) is 13.9. The van der Waals surface area contributed by atoms with E-state index in [9.17, 15) is 0 Å². The minimum absolute atomic E-state index is 0.773. The maximum Gasteiger partial charge on any atom is 0.182 e. The van der Waals surface area contributed by atoms with E-state index in [0.29, 0.717) is 0 Å². The molecule has 0 amide bonds. The van der Waals surface area contributed by atoms with Crippen LogP contribution < -0.4 is 5.32 Å². The van der Waals surface area contributed by atoms with Crippen LogP contribution in [0.25, 0.3) is 0 Å². The molecular weight excluding hydrogens is 268 g/mol. The standard InChI is InChI=1S/C15H28N4S/c1-4-5-16-15-17-10-14(20-15)12-19-8-6-18(7-9-19)11-13(2)3/h10,13H,4-9,11-12H2,1-3H3,(H,16,17). The summed E-state index contributed by atoms with van der Waals surface area (Å²) in [5.74, 6) is 0.773. The molecule has 1 N–H and O–H groups in total. The van der Waals surface area contributed by atoms with Gasteiger partial charge in [-0.1, -0.05) is 20.8 Å². The monoisotopic (exact) mass is 296 g/mol. The first kappa shape index (κ1) is 15.7. The van der Waals surface area contributed by atoms with Crippen LogP contribution in [0.15, 0.2) is 6.20 Å². The highest BCUT2D eigenvalue weighted by atomic mass is 32.1. The van der Waals surface area contributed by atoms with Gasteiger partial charge in [-0.2, -0.15) is 0 Å².